The predicted octanol–water partition coefficient (Wildman–Crippen LogP) is 9.66. The van der Waals surface area contributed by atoms with E-state index in [2.05, 4.69) is 107 Å². The van der Waals surface area contributed by atoms with Gasteiger partial charge in [-0.05, 0) is 72.3 Å². The average molecular weight is 638 g/mol. The van der Waals surface area contributed by atoms with Gasteiger partial charge < -0.3 is 9.31 Å². The molecule has 2 heterocycles. The van der Waals surface area contributed by atoms with Gasteiger partial charge in [-0.2, -0.15) is 0 Å². The zero-order chi connectivity index (χ0) is 33.6. The highest BCUT2D eigenvalue weighted by atomic mass is 16.7. The molecule has 238 valence electrons. The van der Waals surface area contributed by atoms with E-state index in [0.717, 1.165) is 44.4 Å². The summed E-state index contributed by atoms with van der Waals surface area (Å²) in [5.41, 5.74) is 7.14. The molecule has 1 saturated heterocycles. The van der Waals surface area contributed by atoms with Gasteiger partial charge in [0.25, 0.3) is 0 Å². The van der Waals surface area contributed by atoms with Crippen LogP contribution in [-0.4, -0.2) is 33.3 Å². The molecule has 0 saturated carbocycles. The van der Waals surface area contributed by atoms with Crippen LogP contribution in [0.25, 0.3) is 67.2 Å². The molecule has 49 heavy (non-hydrogen) atoms. The number of aromatic nitrogens is 3. The maximum atomic E-state index is 6.51. The van der Waals surface area contributed by atoms with Crippen molar-refractivity contribution in [2.24, 2.45) is 0 Å². The maximum Gasteiger partial charge on any atom is 0.494 e. The fraction of sp³-hybridized carbons (Fsp3) is 0.140. The zero-order valence-electron chi connectivity index (χ0n) is 28.1. The van der Waals surface area contributed by atoms with Gasteiger partial charge in [0.15, 0.2) is 17.5 Å². The van der Waals surface area contributed by atoms with Crippen molar-refractivity contribution in [3.05, 3.63) is 146 Å². The van der Waals surface area contributed by atoms with Crippen LogP contribution in [0.5, 0.6) is 0 Å². The smallest absolute Gasteiger partial charge is 0.399 e. The van der Waals surface area contributed by atoms with Gasteiger partial charge in [0, 0.05) is 16.7 Å². The molecule has 6 heteroatoms. The van der Waals surface area contributed by atoms with E-state index in [9.17, 15) is 0 Å². The maximum absolute atomic E-state index is 6.51. The third-order valence-electron chi connectivity index (χ3n) is 9.79. The highest BCUT2D eigenvalue weighted by Crippen LogP contribution is 2.40. The minimum Gasteiger partial charge on any atom is -0.399 e. The Kier molecular flexibility index (Phi) is 7.71. The first-order valence-electron chi connectivity index (χ1n) is 16.7. The number of benzene rings is 6. The van der Waals surface area contributed by atoms with Crippen LogP contribution in [-0.2, 0) is 9.31 Å². The summed E-state index contributed by atoms with van der Waals surface area (Å²) in [6, 6.07) is 50.1. The minimum atomic E-state index is -0.487. The Morgan fingerprint density at radius 1 is 0.408 bits per heavy atom. The van der Waals surface area contributed by atoms with E-state index in [-0.39, 0.29) is 0 Å². The molecule has 1 aliphatic heterocycles. The Hall–Kier alpha value is -5.43. The van der Waals surface area contributed by atoms with E-state index in [1.54, 1.807) is 0 Å². The van der Waals surface area contributed by atoms with E-state index in [1.807, 2.05) is 66.7 Å². The van der Waals surface area contributed by atoms with Crippen molar-refractivity contribution in [3.8, 4) is 56.4 Å². The third kappa shape index (κ3) is 5.84. The molecule has 0 N–H and O–H groups in total. The zero-order valence-corrected chi connectivity index (χ0v) is 28.1. The molecule has 1 aromatic heterocycles. The summed E-state index contributed by atoms with van der Waals surface area (Å²) in [4.78, 5) is 15.1. The van der Waals surface area contributed by atoms with Crippen LogP contribution in [0.4, 0.5) is 0 Å². The monoisotopic (exact) mass is 637 g/mol. The molecule has 0 amide bonds. The van der Waals surface area contributed by atoms with E-state index < -0.39 is 18.3 Å². The molecule has 8 rings (SSSR count). The van der Waals surface area contributed by atoms with Gasteiger partial charge in [0.05, 0.1) is 11.2 Å². The van der Waals surface area contributed by atoms with Gasteiger partial charge in [-0.15, -0.1) is 0 Å². The van der Waals surface area contributed by atoms with Gasteiger partial charge >= 0.3 is 7.12 Å². The van der Waals surface area contributed by atoms with Crippen molar-refractivity contribution in [2.75, 3.05) is 0 Å². The van der Waals surface area contributed by atoms with Gasteiger partial charge in [0.1, 0.15) is 0 Å². The Bertz CT molecular complexity index is 2230. The summed E-state index contributed by atoms with van der Waals surface area (Å²) in [5.74, 6) is 1.87. The predicted molar refractivity (Wildman–Crippen MR) is 200 cm³/mol. The summed E-state index contributed by atoms with van der Waals surface area (Å²) in [5, 5.41) is 2.38. The van der Waals surface area contributed by atoms with E-state index in [0.29, 0.717) is 17.5 Å². The summed E-state index contributed by atoms with van der Waals surface area (Å²) < 4.78 is 13.0. The van der Waals surface area contributed by atoms with Gasteiger partial charge in [-0.3, -0.25) is 0 Å². The lowest BCUT2D eigenvalue weighted by molar-refractivity contribution is 0.00578. The Morgan fingerprint density at radius 3 is 1.55 bits per heavy atom. The van der Waals surface area contributed by atoms with Crippen LogP contribution >= 0.6 is 0 Å². The fourth-order valence-electron chi connectivity index (χ4n) is 6.36. The Labute approximate surface area is 287 Å². The third-order valence-corrected chi connectivity index (χ3v) is 9.79. The number of rotatable bonds is 6. The molecule has 0 bridgehead atoms. The molecule has 0 radical (unpaired) electrons. The Balaban J connectivity index is 1.33. The van der Waals surface area contributed by atoms with Crippen LogP contribution < -0.4 is 5.46 Å². The fourth-order valence-corrected chi connectivity index (χ4v) is 6.36. The van der Waals surface area contributed by atoms with Crippen molar-refractivity contribution >= 4 is 23.4 Å². The molecule has 0 atom stereocenters. The molecular weight excluding hydrogens is 601 g/mol. The molecule has 7 aromatic rings. The second-order valence-electron chi connectivity index (χ2n) is 13.5. The van der Waals surface area contributed by atoms with Gasteiger partial charge in [-0.25, -0.2) is 15.0 Å². The van der Waals surface area contributed by atoms with E-state index in [4.69, 9.17) is 24.3 Å². The van der Waals surface area contributed by atoms with Crippen LogP contribution in [0, 0.1) is 0 Å². The van der Waals surface area contributed by atoms with Crippen molar-refractivity contribution in [3.63, 3.8) is 0 Å². The number of hydrogen-bond acceptors (Lipinski definition) is 5. The van der Waals surface area contributed by atoms with Gasteiger partial charge in [0.2, 0.25) is 0 Å². The Morgan fingerprint density at radius 2 is 0.918 bits per heavy atom. The van der Waals surface area contributed by atoms with Crippen LogP contribution in [0.2, 0.25) is 0 Å². The van der Waals surface area contributed by atoms with Crippen LogP contribution in [0.1, 0.15) is 27.7 Å². The number of fused-ring (bicyclic) bond motifs is 1. The molecule has 1 fully saturated rings. The molecule has 5 nitrogen and oxygen atoms in total. The molecule has 6 aromatic carbocycles. The normalized spacial score (nSPS) is 15.1. The topological polar surface area (TPSA) is 57.1 Å². The summed E-state index contributed by atoms with van der Waals surface area (Å²) in [6.45, 7) is 8.35. The standard InChI is InChI=1S/C43H36BN3O2/c1-42(2)43(3,4)49-44(48-42)34-25-26-36(38(28-34)33-24-23-29-15-11-12-20-32(29)27-33)35-21-13-14-22-37(35)41-46-39(30-16-7-5-8-17-30)45-40(47-41)31-18-9-6-10-19-31/h5-28H,1-4H3. The molecule has 1 aliphatic rings. The first-order chi connectivity index (χ1) is 23.8. The summed E-state index contributed by atoms with van der Waals surface area (Å²) >= 11 is 0. The largest absolute Gasteiger partial charge is 0.494 e. The molecular formula is C43H36BN3O2. The van der Waals surface area contributed by atoms with Crippen molar-refractivity contribution in [1.82, 2.24) is 15.0 Å². The highest BCUT2D eigenvalue weighted by Gasteiger charge is 2.51. The second kappa shape index (κ2) is 12.2. The SMILES string of the molecule is CC1(C)OB(c2ccc(-c3ccccc3-c3nc(-c4ccccc4)nc(-c4ccccc4)n3)c(-c3ccc4ccccc4c3)c2)OC1(C)C. The minimum absolute atomic E-state index is 0.447. The lowest BCUT2D eigenvalue weighted by Gasteiger charge is -2.32. The van der Waals surface area contributed by atoms with Crippen LogP contribution in [0.3, 0.4) is 0 Å². The van der Waals surface area contributed by atoms with Gasteiger partial charge in [-0.1, -0.05) is 140 Å². The lowest BCUT2D eigenvalue weighted by atomic mass is 9.76. The molecule has 0 aliphatic carbocycles. The lowest BCUT2D eigenvalue weighted by Crippen LogP contribution is -2.41. The first kappa shape index (κ1) is 30.9. The molecule has 0 unspecified atom stereocenters. The summed E-state index contributed by atoms with van der Waals surface area (Å²) in [6.07, 6.45) is 0. The average Bonchev–Trinajstić information content (AvgIpc) is 3.37. The van der Waals surface area contributed by atoms with Crippen LogP contribution in [0.15, 0.2) is 146 Å². The van der Waals surface area contributed by atoms with E-state index >= 15 is 0 Å². The number of hydrogen-bond donors (Lipinski definition) is 0. The van der Waals surface area contributed by atoms with E-state index in [1.165, 1.54) is 10.8 Å². The molecule has 0 spiro atoms. The highest BCUT2D eigenvalue weighted by molar-refractivity contribution is 6.62. The van der Waals surface area contributed by atoms with Crippen molar-refractivity contribution in [1.29, 1.82) is 0 Å². The first-order valence-corrected chi connectivity index (χ1v) is 16.7. The quantitative estimate of drug-likeness (QED) is 0.170. The van der Waals surface area contributed by atoms with Crippen molar-refractivity contribution in [2.45, 2.75) is 38.9 Å². The second-order valence-corrected chi connectivity index (χ2v) is 13.5. The van der Waals surface area contributed by atoms with Crippen molar-refractivity contribution < 1.29 is 9.31 Å². The number of nitrogens with zero attached hydrogens (tertiary/aromatic N) is 3. The summed E-state index contributed by atoms with van der Waals surface area (Å²) in [7, 11) is -0.487.